The summed E-state index contributed by atoms with van der Waals surface area (Å²) >= 11 is 0. The van der Waals surface area contributed by atoms with Gasteiger partial charge in [-0.2, -0.15) is 0 Å². The SMILES string of the molecule is CCOC(=O)CN1c2ccc(OC)cc2-c2ccccc2S1(=O)=O. The van der Waals surface area contributed by atoms with Crippen molar-refractivity contribution in [1.82, 2.24) is 0 Å². The molecule has 0 unspecified atom stereocenters. The van der Waals surface area contributed by atoms with Crippen molar-refractivity contribution in [3.05, 3.63) is 42.5 Å². The van der Waals surface area contributed by atoms with E-state index in [9.17, 15) is 13.2 Å². The molecule has 0 spiro atoms. The van der Waals surface area contributed by atoms with E-state index < -0.39 is 16.0 Å². The van der Waals surface area contributed by atoms with Crippen LogP contribution in [-0.2, 0) is 19.6 Å². The van der Waals surface area contributed by atoms with Gasteiger partial charge in [-0.1, -0.05) is 18.2 Å². The van der Waals surface area contributed by atoms with Crippen LogP contribution in [0.2, 0.25) is 0 Å². The number of hydrogen-bond acceptors (Lipinski definition) is 5. The van der Waals surface area contributed by atoms with E-state index in [-0.39, 0.29) is 18.0 Å². The number of anilines is 1. The molecule has 7 heteroatoms. The first-order chi connectivity index (χ1) is 11.5. The number of methoxy groups -OCH3 is 1. The monoisotopic (exact) mass is 347 g/mol. The first-order valence-electron chi connectivity index (χ1n) is 7.45. The Kier molecular flexibility index (Phi) is 4.19. The molecule has 0 atom stereocenters. The largest absolute Gasteiger partial charge is 0.497 e. The predicted molar refractivity (Wildman–Crippen MR) is 89.6 cm³/mol. The lowest BCUT2D eigenvalue weighted by Gasteiger charge is -2.31. The average molecular weight is 347 g/mol. The van der Waals surface area contributed by atoms with Gasteiger partial charge in [0.15, 0.2) is 0 Å². The molecule has 2 aromatic rings. The fraction of sp³-hybridized carbons (Fsp3) is 0.235. The van der Waals surface area contributed by atoms with Gasteiger partial charge in [-0.15, -0.1) is 0 Å². The third-order valence-corrected chi connectivity index (χ3v) is 5.61. The number of carbonyl (C=O) groups is 1. The van der Waals surface area contributed by atoms with E-state index in [4.69, 9.17) is 9.47 Å². The maximum Gasteiger partial charge on any atom is 0.326 e. The molecule has 0 bridgehead atoms. The van der Waals surface area contributed by atoms with Crippen LogP contribution in [0.25, 0.3) is 11.1 Å². The highest BCUT2D eigenvalue weighted by Gasteiger charge is 2.36. The summed E-state index contributed by atoms with van der Waals surface area (Å²) in [5.41, 5.74) is 1.72. The van der Waals surface area contributed by atoms with Gasteiger partial charge in [0, 0.05) is 11.1 Å². The first kappa shape index (κ1) is 16.3. The molecule has 1 aliphatic heterocycles. The zero-order valence-electron chi connectivity index (χ0n) is 13.4. The summed E-state index contributed by atoms with van der Waals surface area (Å²) in [7, 11) is -2.29. The maximum atomic E-state index is 12.9. The third-order valence-electron chi connectivity index (χ3n) is 3.80. The third kappa shape index (κ3) is 2.60. The molecule has 0 radical (unpaired) electrons. The summed E-state index contributed by atoms with van der Waals surface area (Å²) in [6, 6.07) is 11.8. The van der Waals surface area contributed by atoms with Crippen molar-refractivity contribution in [2.24, 2.45) is 0 Å². The van der Waals surface area contributed by atoms with Gasteiger partial charge in [-0.3, -0.25) is 9.10 Å². The van der Waals surface area contributed by atoms with Crippen LogP contribution in [0.1, 0.15) is 6.92 Å². The first-order valence-corrected chi connectivity index (χ1v) is 8.89. The second kappa shape index (κ2) is 6.16. The van der Waals surface area contributed by atoms with Gasteiger partial charge < -0.3 is 9.47 Å². The van der Waals surface area contributed by atoms with Crippen LogP contribution in [0, 0.1) is 0 Å². The Labute approximate surface area is 140 Å². The van der Waals surface area contributed by atoms with E-state index in [1.54, 1.807) is 50.4 Å². The van der Waals surface area contributed by atoms with Crippen LogP contribution < -0.4 is 9.04 Å². The number of esters is 1. The lowest BCUT2D eigenvalue weighted by molar-refractivity contribution is -0.141. The summed E-state index contributed by atoms with van der Waals surface area (Å²) in [6.07, 6.45) is 0. The van der Waals surface area contributed by atoms with Crippen molar-refractivity contribution in [3.63, 3.8) is 0 Å². The molecule has 2 aromatic carbocycles. The summed E-state index contributed by atoms with van der Waals surface area (Å²) in [6.45, 7) is 1.50. The molecule has 0 aromatic heterocycles. The summed E-state index contributed by atoms with van der Waals surface area (Å²) in [5.74, 6) is 0.0150. The van der Waals surface area contributed by atoms with Crippen LogP contribution in [0.3, 0.4) is 0 Å². The number of benzene rings is 2. The van der Waals surface area contributed by atoms with E-state index >= 15 is 0 Å². The topological polar surface area (TPSA) is 72.9 Å². The van der Waals surface area contributed by atoms with E-state index in [1.165, 1.54) is 6.07 Å². The highest BCUT2D eigenvalue weighted by Crippen LogP contribution is 2.44. The van der Waals surface area contributed by atoms with E-state index in [0.717, 1.165) is 4.31 Å². The highest BCUT2D eigenvalue weighted by molar-refractivity contribution is 7.93. The van der Waals surface area contributed by atoms with Crippen LogP contribution in [0.5, 0.6) is 5.75 Å². The standard InChI is InChI=1S/C17H17NO5S/c1-3-23-17(19)11-18-15-9-8-12(22-2)10-14(15)13-6-4-5-7-16(13)24(18,20)21/h4-10H,3,11H2,1-2H3. The van der Waals surface area contributed by atoms with Gasteiger partial charge in [0.25, 0.3) is 10.0 Å². The second-order valence-electron chi connectivity index (χ2n) is 5.20. The Morgan fingerprint density at radius 2 is 1.88 bits per heavy atom. The smallest absolute Gasteiger partial charge is 0.326 e. The van der Waals surface area contributed by atoms with Gasteiger partial charge in [-0.25, -0.2) is 8.42 Å². The summed E-state index contributed by atoms with van der Waals surface area (Å²) in [5, 5.41) is 0. The minimum absolute atomic E-state index is 0.162. The molecule has 0 saturated heterocycles. The summed E-state index contributed by atoms with van der Waals surface area (Å²) in [4.78, 5) is 12.1. The number of nitrogens with zero attached hydrogens (tertiary/aromatic N) is 1. The van der Waals surface area contributed by atoms with Crippen molar-refractivity contribution < 1.29 is 22.7 Å². The molecule has 0 amide bonds. The van der Waals surface area contributed by atoms with E-state index in [0.29, 0.717) is 22.6 Å². The predicted octanol–water partition coefficient (Wildman–Crippen LogP) is 2.43. The fourth-order valence-corrected chi connectivity index (χ4v) is 4.37. The molecule has 1 aliphatic rings. The molecule has 126 valence electrons. The zero-order valence-corrected chi connectivity index (χ0v) is 14.2. The van der Waals surface area contributed by atoms with Crippen molar-refractivity contribution in [1.29, 1.82) is 0 Å². The van der Waals surface area contributed by atoms with E-state index in [2.05, 4.69) is 0 Å². The lowest BCUT2D eigenvalue weighted by atomic mass is 10.0. The normalized spacial score (nSPS) is 14.5. The maximum absolute atomic E-state index is 12.9. The molecular weight excluding hydrogens is 330 g/mol. The van der Waals surface area contributed by atoms with Gasteiger partial charge in [-0.05, 0) is 31.2 Å². The van der Waals surface area contributed by atoms with Crippen molar-refractivity contribution in [2.45, 2.75) is 11.8 Å². The quantitative estimate of drug-likeness (QED) is 0.794. The van der Waals surface area contributed by atoms with Gasteiger partial charge in [0.2, 0.25) is 0 Å². The molecule has 1 heterocycles. The molecule has 6 nitrogen and oxygen atoms in total. The lowest BCUT2D eigenvalue weighted by Crippen LogP contribution is -2.39. The molecule has 0 aliphatic carbocycles. The minimum Gasteiger partial charge on any atom is -0.497 e. The van der Waals surface area contributed by atoms with Gasteiger partial charge in [0.05, 0.1) is 24.3 Å². The molecule has 24 heavy (non-hydrogen) atoms. The Hall–Kier alpha value is -2.54. The molecule has 0 N–H and O–H groups in total. The van der Waals surface area contributed by atoms with Crippen LogP contribution >= 0.6 is 0 Å². The van der Waals surface area contributed by atoms with Gasteiger partial charge >= 0.3 is 5.97 Å². The van der Waals surface area contributed by atoms with Crippen molar-refractivity contribution in [3.8, 4) is 16.9 Å². The van der Waals surface area contributed by atoms with Gasteiger partial charge in [0.1, 0.15) is 12.3 Å². The number of sulfonamides is 1. The number of rotatable bonds is 4. The average Bonchev–Trinajstić information content (AvgIpc) is 2.58. The number of hydrogen-bond donors (Lipinski definition) is 0. The van der Waals surface area contributed by atoms with E-state index in [1.807, 2.05) is 0 Å². The van der Waals surface area contributed by atoms with Crippen LogP contribution in [-0.4, -0.2) is 34.6 Å². The van der Waals surface area contributed by atoms with Crippen LogP contribution in [0.4, 0.5) is 5.69 Å². The molecule has 0 fully saturated rings. The van der Waals surface area contributed by atoms with Crippen molar-refractivity contribution in [2.75, 3.05) is 24.6 Å². The fourth-order valence-electron chi connectivity index (χ4n) is 2.73. The summed E-state index contributed by atoms with van der Waals surface area (Å²) < 4.78 is 37.1. The Bertz CT molecular complexity index is 892. The Morgan fingerprint density at radius 1 is 1.12 bits per heavy atom. The molecule has 0 saturated carbocycles. The molecular formula is C17H17NO5S. The van der Waals surface area contributed by atoms with Crippen LogP contribution in [0.15, 0.2) is 47.4 Å². The highest BCUT2D eigenvalue weighted by atomic mass is 32.2. The second-order valence-corrected chi connectivity index (χ2v) is 7.03. The number of fused-ring (bicyclic) bond motifs is 3. The Morgan fingerprint density at radius 3 is 2.58 bits per heavy atom. The number of ether oxygens (including phenoxy) is 2. The Balaban J connectivity index is 2.20. The molecule has 3 rings (SSSR count). The minimum atomic E-state index is -3.84. The number of carbonyl (C=O) groups excluding carboxylic acids is 1. The zero-order chi connectivity index (χ0) is 17.3. The van der Waals surface area contributed by atoms with Crippen molar-refractivity contribution >= 4 is 21.7 Å².